The van der Waals surface area contributed by atoms with Gasteiger partial charge >= 0.3 is 0 Å². The number of nitrogens with zero attached hydrogens (tertiary/aromatic N) is 2. The van der Waals surface area contributed by atoms with Crippen LogP contribution in [0.4, 0.5) is 11.4 Å². The Hall–Kier alpha value is -2.19. The number of nitro benzene ring substituents is 1. The molecule has 0 aromatic heterocycles. The van der Waals surface area contributed by atoms with Gasteiger partial charge in [-0.05, 0) is 30.4 Å². The SMILES string of the molecule is COCCNc1ccc(C(=O)NCCN2CC(C)CC(C)C2)cc1[N+](=O)[O-]. The number of piperidine rings is 1. The van der Waals surface area contributed by atoms with Crippen LogP contribution in [0.15, 0.2) is 18.2 Å². The van der Waals surface area contributed by atoms with Crippen molar-refractivity contribution in [3.8, 4) is 0 Å². The first kappa shape index (κ1) is 21.1. The molecule has 2 unspecified atom stereocenters. The summed E-state index contributed by atoms with van der Waals surface area (Å²) in [5, 5.41) is 17.1. The van der Waals surface area contributed by atoms with Gasteiger partial charge in [0.1, 0.15) is 5.69 Å². The number of benzene rings is 1. The molecule has 27 heavy (non-hydrogen) atoms. The van der Waals surface area contributed by atoms with Crippen LogP contribution < -0.4 is 10.6 Å². The molecule has 8 heteroatoms. The topological polar surface area (TPSA) is 96.7 Å². The standard InChI is InChI=1S/C19H30N4O4/c1-14-10-15(2)13-22(12-14)8-6-21-19(24)16-4-5-17(20-7-9-27-3)18(11-16)23(25)26/h4-5,11,14-15,20H,6-10,12-13H2,1-3H3,(H,21,24). The zero-order valence-corrected chi connectivity index (χ0v) is 16.4. The zero-order valence-electron chi connectivity index (χ0n) is 16.4. The van der Waals surface area contributed by atoms with Crippen LogP contribution in [-0.4, -0.2) is 62.2 Å². The highest BCUT2D eigenvalue weighted by atomic mass is 16.6. The van der Waals surface area contributed by atoms with E-state index < -0.39 is 4.92 Å². The Morgan fingerprint density at radius 1 is 1.30 bits per heavy atom. The van der Waals surface area contributed by atoms with Crippen LogP contribution in [-0.2, 0) is 4.74 Å². The molecular formula is C19H30N4O4. The zero-order chi connectivity index (χ0) is 19.8. The third-order valence-corrected chi connectivity index (χ3v) is 4.74. The van der Waals surface area contributed by atoms with Crippen molar-refractivity contribution in [1.82, 2.24) is 10.2 Å². The van der Waals surface area contributed by atoms with Crippen molar-refractivity contribution >= 4 is 17.3 Å². The molecule has 8 nitrogen and oxygen atoms in total. The summed E-state index contributed by atoms with van der Waals surface area (Å²) >= 11 is 0. The van der Waals surface area contributed by atoms with Crippen LogP contribution in [0.3, 0.4) is 0 Å². The maximum absolute atomic E-state index is 12.4. The Morgan fingerprint density at radius 3 is 2.63 bits per heavy atom. The van der Waals surface area contributed by atoms with Crippen LogP contribution in [0.25, 0.3) is 0 Å². The maximum atomic E-state index is 12.4. The predicted octanol–water partition coefficient (Wildman–Crippen LogP) is 2.36. The van der Waals surface area contributed by atoms with Crippen molar-refractivity contribution in [1.29, 1.82) is 0 Å². The van der Waals surface area contributed by atoms with E-state index in [2.05, 4.69) is 29.4 Å². The lowest BCUT2D eigenvalue weighted by Gasteiger charge is -2.34. The van der Waals surface area contributed by atoms with Crippen molar-refractivity contribution in [2.75, 3.05) is 51.8 Å². The molecule has 150 valence electrons. The molecule has 1 saturated heterocycles. The molecule has 2 N–H and O–H groups in total. The van der Waals surface area contributed by atoms with Gasteiger partial charge in [-0.25, -0.2) is 0 Å². The minimum absolute atomic E-state index is 0.113. The van der Waals surface area contributed by atoms with Gasteiger partial charge in [-0.15, -0.1) is 0 Å². The van der Waals surface area contributed by atoms with Crippen molar-refractivity contribution in [3.63, 3.8) is 0 Å². The average molecular weight is 378 g/mol. The van der Waals surface area contributed by atoms with Gasteiger partial charge in [0.05, 0.1) is 11.5 Å². The second-order valence-electron chi connectivity index (χ2n) is 7.37. The van der Waals surface area contributed by atoms with Gasteiger partial charge in [0.15, 0.2) is 0 Å². The number of anilines is 1. The first-order valence-electron chi connectivity index (χ1n) is 9.42. The Labute approximate surface area is 160 Å². The summed E-state index contributed by atoms with van der Waals surface area (Å²) in [7, 11) is 1.56. The maximum Gasteiger partial charge on any atom is 0.293 e. The molecule has 0 bridgehead atoms. The number of amides is 1. The fourth-order valence-electron chi connectivity index (χ4n) is 3.67. The summed E-state index contributed by atoms with van der Waals surface area (Å²) in [6.45, 7) is 8.81. The summed E-state index contributed by atoms with van der Waals surface area (Å²) in [4.78, 5) is 25.6. The van der Waals surface area contributed by atoms with Gasteiger partial charge in [-0.1, -0.05) is 13.8 Å². The lowest BCUT2D eigenvalue weighted by molar-refractivity contribution is -0.384. The van der Waals surface area contributed by atoms with E-state index in [-0.39, 0.29) is 11.6 Å². The number of nitro groups is 1. The Morgan fingerprint density at radius 2 is 2.00 bits per heavy atom. The highest BCUT2D eigenvalue weighted by Crippen LogP contribution is 2.25. The molecule has 0 saturated carbocycles. The number of hydrogen-bond acceptors (Lipinski definition) is 6. The van der Waals surface area contributed by atoms with E-state index >= 15 is 0 Å². The minimum atomic E-state index is -0.484. The second-order valence-corrected chi connectivity index (χ2v) is 7.37. The quantitative estimate of drug-likeness (QED) is 0.389. The monoisotopic (exact) mass is 378 g/mol. The van der Waals surface area contributed by atoms with Crippen molar-refractivity contribution in [2.45, 2.75) is 20.3 Å². The molecule has 1 aromatic rings. The third-order valence-electron chi connectivity index (χ3n) is 4.74. The van der Waals surface area contributed by atoms with Crippen molar-refractivity contribution in [3.05, 3.63) is 33.9 Å². The van der Waals surface area contributed by atoms with E-state index in [4.69, 9.17) is 4.74 Å². The van der Waals surface area contributed by atoms with Gasteiger partial charge in [-0.2, -0.15) is 0 Å². The molecule has 0 radical (unpaired) electrons. The second kappa shape index (κ2) is 10.2. The number of rotatable bonds is 9. The fraction of sp³-hybridized carbons (Fsp3) is 0.632. The van der Waals surface area contributed by atoms with Gasteiger partial charge in [0.25, 0.3) is 11.6 Å². The summed E-state index contributed by atoms with van der Waals surface area (Å²) in [5.74, 6) is 1.05. The summed E-state index contributed by atoms with van der Waals surface area (Å²) in [6, 6.07) is 4.48. The number of hydrogen-bond donors (Lipinski definition) is 2. The normalized spacial score (nSPS) is 20.3. The van der Waals surface area contributed by atoms with Gasteiger partial charge in [0.2, 0.25) is 0 Å². The summed E-state index contributed by atoms with van der Waals surface area (Å²) in [5.41, 5.74) is 0.557. The first-order valence-corrected chi connectivity index (χ1v) is 9.42. The highest BCUT2D eigenvalue weighted by Gasteiger charge is 2.22. The predicted molar refractivity (Wildman–Crippen MR) is 105 cm³/mol. The van der Waals surface area contributed by atoms with E-state index in [1.54, 1.807) is 19.2 Å². The van der Waals surface area contributed by atoms with Gasteiger partial charge < -0.3 is 20.3 Å². The molecule has 1 fully saturated rings. The van der Waals surface area contributed by atoms with Crippen LogP contribution in [0, 0.1) is 22.0 Å². The number of methoxy groups -OCH3 is 1. The van der Waals surface area contributed by atoms with E-state index in [0.29, 0.717) is 42.8 Å². The number of carbonyl (C=O) groups is 1. The molecule has 2 rings (SSSR count). The van der Waals surface area contributed by atoms with Crippen molar-refractivity contribution < 1.29 is 14.5 Å². The minimum Gasteiger partial charge on any atom is -0.383 e. The summed E-state index contributed by atoms with van der Waals surface area (Å²) in [6.07, 6.45) is 1.25. The molecule has 1 aliphatic rings. The lowest BCUT2D eigenvalue weighted by atomic mass is 9.92. The smallest absolute Gasteiger partial charge is 0.293 e. The van der Waals surface area contributed by atoms with E-state index in [0.717, 1.165) is 19.6 Å². The Kier molecular flexibility index (Phi) is 7.99. The number of ether oxygens (including phenoxy) is 1. The van der Waals surface area contributed by atoms with Crippen LogP contribution >= 0.6 is 0 Å². The largest absolute Gasteiger partial charge is 0.383 e. The van der Waals surface area contributed by atoms with Gasteiger partial charge in [0, 0.05) is 51.5 Å². The van der Waals surface area contributed by atoms with Crippen molar-refractivity contribution in [2.24, 2.45) is 11.8 Å². The molecule has 0 aliphatic carbocycles. The molecule has 1 amide bonds. The number of nitrogens with one attached hydrogen (secondary N) is 2. The third kappa shape index (κ3) is 6.48. The number of carbonyl (C=O) groups excluding carboxylic acids is 1. The van der Waals surface area contributed by atoms with E-state index in [9.17, 15) is 14.9 Å². The van der Waals surface area contributed by atoms with E-state index in [1.165, 1.54) is 12.5 Å². The molecule has 1 aromatic carbocycles. The van der Waals surface area contributed by atoms with Gasteiger partial charge in [-0.3, -0.25) is 14.9 Å². The van der Waals surface area contributed by atoms with Crippen LogP contribution in [0.2, 0.25) is 0 Å². The van der Waals surface area contributed by atoms with Crippen LogP contribution in [0.1, 0.15) is 30.6 Å². The molecule has 1 aliphatic heterocycles. The van der Waals surface area contributed by atoms with E-state index in [1.807, 2.05) is 0 Å². The fourth-order valence-corrected chi connectivity index (χ4v) is 3.67. The average Bonchev–Trinajstić information content (AvgIpc) is 2.61. The Bertz CT molecular complexity index is 643. The number of likely N-dealkylation sites (tertiary alicyclic amines) is 1. The molecular weight excluding hydrogens is 348 g/mol. The lowest BCUT2D eigenvalue weighted by Crippen LogP contribution is -2.42. The van der Waals surface area contributed by atoms with Crippen LogP contribution in [0.5, 0.6) is 0 Å². The Balaban J connectivity index is 1.91. The molecule has 0 spiro atoms. The first-order chi connectivity index (χ1) is 12.9. The molecule has 2 atom stereocenters. The highest BCUT2D eigenvalue weighted by molar-refractivity contribution is 5.95. The summed E-state index contributed by atoms with van der Waals surface area (Å²) < 4.78 is 4.93. The molecule has 1 heterocycles.